The van der Waals surface area contributed by atoms with Crippen molar-refractivity contribution in [2.24, 2.45) is 0 Å². The molecule has 1 rings (SSSR count). The molecule has 0 radical (unpaired) electrons. The summed E-state index contributed by atoms with van der Waals surface area (Å²) in [5.74, 6) is 0. The van der Waals surface area contributed by atoms with Crippen LogP contribution in [0.15, 0.2) is 29.7 Å². The third-order valence-corrected chi connectivity index (χ3v) is 2.15. The largest absolute Gasteiger partial charge is 0.310 e. The molecule has 0 N–H and O–H groups in total. The van der Waals surface area contributed by atoms with E-state index in [9.17, 15) is 4.79 Å². The van der Waals surface area contributed by atoms with Gasteiger partial charge in [0, 0.05) is 21.9 Å². The van der Waals surface area contributed by atoms with Gasteiger partial charge in [-0.1, -0.05) is 6.08 Å². The summed E-state index contributed by atoms with van der Waals surface area (Å²) in [5, 5.41) is 0. The normalized spacial score (nSPS) is 9.83. The van der Waals surface area contributed by atoms with Gasteiger partial charge in [-0.15, -0.1) is 6.58 Å². The van der Waals surface area contributed by atoms with E-state index in [0.717, 1.165) is 9.13 Å². The molecule has 0 aromatic carbocycles. The number of rotatable bonds is 2. The number of aryl methyl sites for hydroxylation is 1. The summed E-state index contributed by atoms with van der Waals surface area (Å²) in [7, 11) is 0. The summed E-state index contributed by atoms with van der Waals surface area (Å²) in [6.45, 7) is 6.00. The van der Waals surface area contributed by atoms with Gasteiger partial charge in [-0.2, -0.15) is 0 Å². The number of allylic oxidation sites excluding steroid dienone is 1. The number of aromatic nitrogens is 1. The Hall–Kier alpha value is -0.580. The third kappa shape index (κ3) is 1.97. The first kappa shape index (κ1) is 9.51. The lowest BCUT2D eigenvalue weighted by atomic mass is 10.3. The van der Waals surface area contributed by atoms with Crippen molar-refractivity contribution >= 4 is 22.6 Å². The van der Waals surface area contributed by atoms with Crippen molar-refractivity contribution in [2.75, 3.05) is 0 Å². The molecule has 0 spiro atoms. The molecule has 0 bridgehead atoms. The van der Waals surface area contributed by atoms with Gasteiger partial charge in [0.2, 0.25) is 0 Å². The molecule has 64 valence electrons. The fourth-order valence-corrected chi connectivity index (χ4v) is 1.82. The highest BCUT2D eigenvalue weighted by molar-refractivity contribution is 14.1. The second-order valence-electron chi connectivity index (χ2n) is 2.59. The summed E-state index contributed by atoms with van der Waals surface area (Å²) in [6.07, 6.45) is 3.55. The Labute approximate surface area is 85.1 Å². The van der Waals surface area contributed by atoms with E-state index in [-0.39, 0.29) is 5.56 Å². The van der Waals surface area contributed by atoms with Gasteiger partial charge in [-0.05, 0) is 35.6 Å². The molecule has 0 unspecified atom stereocenters. The van der Waals surface area contributed by atoms with Gasteiger partial charge in [0.1, 0.15) is 0 Å². The summed E-state index contributed by atoms with van der Waals surface area (Å²) >= 11 is 2.19. The van der Waals surface area contributed by atoms with E-state index >= 15 is 0 Å². The number of hydrogen-bond donors (Lipinski definition) is 0. The zero-order valence-corrected chi connectivity index (χ0v) is 9.04. The molecular formula is C9H10INO. The average Bonchev–Trinajstić information content (AvgIpc) is 2.00. The Morgan fingerprint density at radius 3 is 3.00 bits per heavy atom. The molecule has 0 aliphatic heterocycles. The Balaban J connectivity index is 3.27. The molecule has 2 nitrogen and oxygen atoms in total. The number of halogens is 1. The zero-order valence-electron chi connectivity index (χ0n) is 6.88. The van der Waals surface area contributed by atoms with Crippen LogP contribution in [0.4, 0.5) is 0 Å². The lowest BCUT2D eigenvalue weighted by Crippen LogP contribution is -2.21. The monoisotopic (exact) mass is 275 g/mol. The van der Waals surface area contributed by atoms with Crippen LogP contribution in [-0.4, -0.2) is 4.57 Å². The van der Waals surface area contributed by atoms with Gasteiger partial charge in [0.15, 0.2) is 0 Å². The SMILES string of the molecule is C=CCn1cc(I)cc(C)c1=O. The molecule has 0 aliphatic carbocycles. The predicted octanol–water partition coefficient (Wildman–Crippen LogP) is 1.95. The van der Waals surface area contributed by atoms with Gasteiger partial charge < -0.3 is 4.57 Å². The first-order valence-corrected chi connectivity index (χ1v) is 4.70. The standard InChI is InChI=1S/C9H10INO/c1-3-4-11-6-8(10)5-7(2)9(11)12/h3,5-6H,1,4H2,2H3. The molecule has 0 aliphatic rings. The molecule has 3 heteroatoms. The van der Waals surface area contributed by atoms with Crippen molar-refractivity contribution in [2.45, 2.75) is 13.5 Å². The Morgan fingerprint density at radius 2 is 2.42 bits per heavy atom. The Kier molecular flexibility index (Phi) is 3.08. The number of hydrogen-bond acceptors (Lipinski definition) is 1. The van der Waals surface area contributed by atoms with E-state index < -0.39 is 0 Å². The van der Waals surface area contributed by atoms with Crippen LogP contribution in [0.5, 0.6) is 0 Å². The van der Waals surface area contributed by atoms with Crippen LogP contribution < -0.4 is 5.56 Å². The third-order valence-electron chi connectivity index (χ3n) is 1.56. The van der Waals surface area contributed by atoms with Gasteiger partial charge >= 0.3 is 0 Å². The van der Waals surface area contributed by atoms with Gasteiger partial charge in [-0.3, -0.25) is 4.79 Å². The lowest BCUT2D eigenvalue weighted by molar-refractivity contribution is 0.768. The van der Waals surface area contributed by atoms with Crippen molar-refractivity contribution in [1.82, 2.24) is 4.57 Å². The molecule has 0 saturated carbocycles. The summed E-state index contributed by atoms with van der Waals surface area (Å²) in [6, 6.07) is 1.88. The van der Waals surface area contributed by atoms with Crippen molar-refractivity contribution < 1.29 is 0 Å². The van der Waals surface area contributed by atoms with Crippen LogP contribution in [0, 0.1) is 10.5 Å². The van der Waals surface area contributed by atoms with Crippen molar-refractivity contribution in [3.63, 3.8) is 0 Å². The molecule has 0 fully saturated rings. The highest BCUT2D eigenvalue weighted by Gasteiger charge is 1.98. The summed E-state index contributed by atoms with van der Waals surface area (Å²) in [5.41, 5.74) is 0.846. The summed E-state index contributed by atoms with van der Waals surface area (Å²) in [4.78, 5) is 11.4. The van der Waals surface area contributed by atoms with Gasteiger partial charge in [-0.25, -0.2) is 0 Å². The topological polar surface area (TPSA) is 22.0 Å². The van der Waals surface area contributed by atoms with Crippen LogP contribution in [0.3, 0.4) is 0 Å². The molecule has 12 heavy (non-hydrogen) atoms. The minimum Gasteiger partial charge on any atom is -0.310 e. The highest BCUT2D eigenvalue weighted by atomic mass is 127. The van der Waals surface area contributed by atoms with Crippen molar-refractivity contribution in [3.8, 4) is 0 Å². The van der Waals surface area contributed by atoms with Crippen molar-refractivity contribution in [1.29, 1.82) is 0 Å². The molecule has 1 heterocycles. The number of pyridine rings is 1. The minimum atomic E-state index is 0.0651. The second-order valence-corrected chi connectivity index (χ2v) is 3.83. The zero-order chi connectivity index (χ0) is 9.14. The smallest absolute Gasteiger partial charge is 0.253 e. The van der Waals surface area contributed by atoms with Crippen LogP contribution in [0.1, 0.15) is 5.56 Å². The first-order valence-electron chi connectivity index (χ1n) is 3.62. The molecule has 0 amide bonds. The maximum atomic E-state index is 11.4. The van der Waals surface area contributed by atoms with E-state index in [1.54, 1.807) is 10.6 Å². The Morgan fingerprint density at radius 1 is 1.75 bits per heavy atom. The average molecular weight is 275 g/mol. The summed E-state index contributed by atoms with van der Waals surface area (Å²) < 4.78 is 2.73. The van der Waals surface area contributed by atoms with Gasteiger partial charge in [0.05, 0.1) is 0 Å². The van der Waals surface area contributed by atoms with E-state index in [4.69, 9.17) is 0 Å². The predicted molar refractivity (Wildman–Crippen MR) is 58.4 cm³/mol. The van der Waals surface area contributed by atoms with Gasteiger partial charge in [0.25, 0.3) is 5.56 Å². The maximum Gasteiger partial charge on any atom is 0.253 e. The Bertz CT molecular complexity index is 354. The second kappa shape index (κ2) is 3.89. The molecule has 0 saturated heterocycles. The molecular weight excluding hydrogens is 265 g/mol. The first-order chi connectivity index (χ1) is 5.65. The quantitative estimate of drug-likeness (QED) is 0.597. The van der Waals surface area contributed by atoms with E-state index in [1.807, 2.05) is 19.2 Å². The maximum absolute atomic E-state index is 11.4. The van der Waals surface area contributed by atoms with Crippen molar-refractivity contribution in [3.05, 3.63) is 44.4 Å². The van der Waals surface area contributed by atoms with E-state index in [2.05, 4.69) is 29.2 Å². The molecule has 1 aromatic rings. The fourth-order valence-electron chi connectivity index (χ4n) is 1.01. The fraction of sp³-hybridized carbons (Fsp3) is 0.222. The van der Waals surface area contributed by atoms with Crippen LogP contribution in [0.25, 0.3) is 0 Å². The molecule has 1 aromatic heterocycles. The lowest BCUT2D eigenvalue weighted by Gasteiger charge is -2.03. The minimum absolute atomic E-state index is 0.0651. The van der Waals surface area contributed by atoms with Crippen LogP contribution in [-0.2, 0) is 6.54 Å². The van der Waals surface area contributed by atoms with E-state index in [0.29, 0.717) is 6.54 Å². The van der Waals surface area contributed by atoms with Crippen LogP contribution >= 0.6 is 22.6 Å². The molecule has 0 atom stereocenters. The van der Waals surface area contributed by atoms with Crippen LogP contribution in [0.2, 0.25) is 0 Å². The highest BCUT2D eigenvalue weighted by Crippen LogP contribution is 2.02. The number of nitrogens with zero attached hydrogens (tertiary/aromatic N) is 1. The van der Waals surface area contributed by atoms with E-state index in [1.165, 1.54) is 0 Å².